The summed E-state index contributed by atoms with van der Waals surface area (Å²) >= 11 is 0. The highest BCUT2D eigenvalue weighted by atomic mass is 15.3. The zero-order valence-corrected chi connectivity index (χ0v) is 13.9. The monoisotopic (exact) mass is 290 g/mol. The summed E-state index contributed by atoms with van der Waals surface area (Å²) in [7, 11) is 2.00. The van der Waals surface area contributed by atoms with Crippen molar-refractivity contribution < 1.29 is 0 Å². The van der Waals surface area contributed by atoms with Gasteiger partial charge in [-0.2, -0.15) is 5.10 Å². The number of aryl methyl sites for hydroxylation is 1. The molecule has 1 unspecified atom stereocenters. The van der Waals surface area contributed by atoms with Gasteiger partial charge in [0.1, 0.15) is 0 Å². The van der Waals surface area contributed by atoms with Crippen molar-refractivity contribution in [3.63, 3.8) is 0 Å². The van der Waals surface area contributed by atoms with Crippen molar-refractivity contribution in [1.82, 2.24) is 19.6 Å². The Kier molecular flexibility index (Phi) is 4.36. The van der Waals surface area contributed by atoms with Gasteiger partial charge in [0.2, 0.25) is 0 Å². The summed E-state index contributed by atoms with van der Waals surface area (Å²) in [5.74, 6) is 0. The fraction of sp³-hybridized carbons (Fsp3) is 0.824. The van der Waals surface area contributed by atoms with E-state index in [1.165, 1.54) is 57.4 Å². The predicted molar refractivity (Wildman–Crippen MR) is 86.1 cm³/mol. The topological polar surface area (TPSA) is 24.3 Å². The van der Waals surface area contributed by atoms with Crippen LogP contribution in [0.3, 0.4) is 0 Å². The molecular weight excluding hydrogens is 260 g/mol. The molecule has 0 radical (unpaired) electrons. The maximum Gasteiger partial charge on any atom is 0.0534 e. The van der Waals surface area contributed by atoms with E-state index in [4.69, 9.17) is 0 Å². The fourth-order valence-electron chi connectivity index (χ4n) is 4.04. The van der Waals surface area contributed by atoms with Crippen LogP contribution < -0.4 is 0 Å². The van der Waals surface area contributed by atoms with Crippen LogP contribution in [0.25, 0.3) is 0 Å². The fourth-order valence-corrected chi connectivity index (χ4v) is 4.04. The Morgan fingerprint density at radius 2 is 2.10 bits per heavy atom. The molecule has 1 aliphatic carbocycles. The largest absolute Gasteiger partial charge is 0.299 e. The highest BCUT2D eigenvalue weighted by Gasteiger charge is 2.34. The Morgan fingerprint density at radius 1 is 1.24 bits per heavy atom. The molecule has 0 bridgehead atoms. The van der Waals surface area contributed by atoms with Gasteiger partial charge in [0.25, 0.3) is 0 Å². The first-order chi connectivity index (χ1) is 10.0. The molecule has 21 heavy (non-hydrogen) atoms. The molecule has 2 aliphatic rings. The zero-order chi connectivity index (χ0) is 14.9. The summed E-state index contributed by atoms with van der Waals surface area (Å²) < 4.78 is 1.90. The van der Waals surface area contributed by atoms with Gasteiger partial charge < -0.3 is 0 Å². The number of aromatic nitrogens is 2. The lowest BCUT2D eigenvalue weighted by Crippen LogP contribution is -2.37. The van der Waals surface area contributed by atoms with Crippen LogP contribution in [0.2, 0.25) is 0 Å². The van der Waals surface area contributed by atoms with E-state index in [0.29, 0.717) is 5.41 Å². The van der Waals surface area contributed by atoms with Crippen LogP contribution in [0.5, 0.6) is 0 Å². The van der Waals surface area contributed by atoms with Gasteiger partial charge in [-0.15, -0.1) is 0 Å². The summed E-state index contributed by atoms with van der Waals surface area (Å²) in [6.45, 7) is 10.9. The van der Waals surface area contributed by atoms with Crippen molar-refractivity contribution in [2.75, 3.05) is 26.2 Å². The van der Waals surface area contributed by atoms with E-state index in [2.05, 4.69) is 34.9 Å². The lowest BCUT2D eigenvalue weighted by molar-refractivity contribution is 0.187. The summed E-state index contributed by atoms with van der Waals surface area (Å²) in [5, 5.41) is 4.28. The quantitative estimate of drug-likeness (QED) is 0.855. The first kappa shape index (κ1) is 15.0. The van der Waals surface area contributed by atoms with Gasteiger partial charge in [0.05, 0.1) is 6.20 Å². The van der Waals surface area contributed by atoms with Crippen LogP contribution in [0.4, 0.5) is 0 Å². The van der Waals surface area contributed by atoms with E-state index in [-0.39, 0.29) is 0 Å². The van der Waals surface area contributed by atoms with Gasteiger partial charge in [0.15, 0.2) is 0 Å². The number of hydrogen-bond donors (Lipinski definition) is 0. The van der Waals surface area contributed by atoms with Crippen molar-refractivity contribution >= 4 is 0 Å². The Bertz CT molecular complexity index is 465. The lowest BCUT2D eigenvalue weighted by atomic mass is 9.91. The third-order valence-electron chi connectivity index (χ3n) is 5.25. The second-order valence-corrected chi connectivity index (χ2v) is 7.75. The third kappa shape index (κ3) is 3.86. The van der Waals surface area contributed by atoms with Crippen LogP contribution in [-0.2, 0) is 13.6 Å². The molecule has 0 N–H and O–H groups in total. The van der Waals surface area contributed by atoms with Crippen LogP contribution in [0.1, 0.15) is 45.1 Å². The smallest absolute Gasteiger partial charge is 0.0534 e. The average Bonchev–Trinajstić information content (AvgIpc) is 2.90. The molecule has 3 rings (SSSR count). The van der Waals surface area contributed by atoms with Gasteiger partial charge in [-0.3, -0.25) is 14.5 Å². The molecule has 1 saturated heterocycles. The third-order valence-corrected chi connectivity index (χ3v) is 5.25. The second kappa shape index (κ2) is 6.09. The highest BCUT2D eigenvalue weighted by Crippen LogP contribution is 2.39. The van der Waals surface area contributed by atoms with Crippen molar-refractivity contribution in [1.29, 1.82) is 0 Å². The van der Waals surface area contributed by atoms with E-state index in [1.54, 1.807) is 0 Å². The molecule has 1 aromatic heterocycles. The number of hydrogen-bond acceptors (Lipinski definition) is 3. The molecule has 4 heteroatoms. The van der Waals surface area contributed by atoms with E-state index in [9.17, 15) is 0 Å². The molecule has 0 spiro atoms. The summed E-state index contributed by atoms with van der Waals surface area (Å²) in [6.07, 6.45) is 9.63. The minimum atomic E-state index is 0.562. The minimum absolute atomic E-state index is 0.562. The number of rotatable bonds is 3. The zero-order valence-electron chi connectivity index (χ0n) is 13.9. The Balaban J connectivity index is 1.52. The predicted octanol–water partition coefficient (Wildman–Crippen LogP) is 2.51. The molecule has 0 aromatic carbocycles. The van der Waals surface area contributed by atoms with E-state index >= 15 is 0 Å². The first-order valence-corrected chi connectivity index (χ1v) is 8.46. The summed E-state index contributed by atoms with van der Waals surface area (Å²) in [6, 6.07) is 0.832. The molecular formula is C17H30N4. The highest BCUT2D eigenvalue weighted by molar-refractivity contribution is 5.03. The normalized spacial score (nSPS) is 27.9. The molecule has 2 heterocycles. The maximum atomic E-state index is 4.28. The molecule has 4 nitrogen and oxygen atoms in total. The molecule has 1 aromatic rings. The molecule has 1 aliphatic heterocycles. The van der Waals surface area contributed by atoms with Crippen LogP contribution >= 0.6 is 0 Å². The lowest BCUT2D eigenvalue weighted by Gasteiger charge is -2.28. The molecule has 1 atom stereocenters. The average molecular weight is 290 g/mol. The molecule has 118 valence electrons. The SMILES string of the molecule is Cn1cc(CN2CCCN(C3CCC(C)(C)C3)CC2)cn1. The summed E-state index contributed by atoms with van der Waals surface area (Å²) in [4.78, 5) is 5.36. The molecule has 0 amide bonds. The van der Waals surface area contributed by atoms with Crippen LogP contribution in [0, 0.1) is 5.41 Å². The van der Waals surface area contributed by atoms with E-state index < -0.39 is 0 Å². The Morgan fingerprint density at radius 3 is 2.76 bits per heavy atom. The van der Waals surface area contributed by atoms with Crippen LogP contribution in [-0.4, -0.2) is 51.8 Å². The van der Waals surface area contributed by atoms with E-state index in [1.807, 2.05) is 17.9 Å². The van der Waals surface area contributed by atoms with Gasteiger partial charge in [-0.05, 0) is 44.2 Å². The number of nitrogens with zero attached hydrogens (tertiary/aromatic N) is 4. The summed E-state index contributed by atoms with van der Waals surface area (Å²) in [5.41, 5.74) is 1.90. The maximum absolute atomic E-state index is 4.28. The van der Waals surface area contributed by atoms with Crippen molar-refractivity contribution in [3.05, 3.63) is 18.0 Å². The van der Waals surface area contributed by atoms with Crippen molar-refractivity contribution in [2.24, 2.45) is 12.5 Å². The Labute approximate surface area is 129 Å². The van der Waals surface area contributed by atoms with E-state index in [0.717, 1.165) is 12.6 Å². The van der Waals surface area contributed by atoms with Crippen LogP contribution in [0.15, 0.2) is 12.4 Å². The standard InChI is InChI=1S/C17H30N4/c1-17(2)6-5-16(11-17)21-8-4-7-20(9-10-21)14-15-12-18-19(3)13-15/h12-13,16H,4-11,14H2,1-3H3. The molecule has 1 saturated carbocycles. The minimum Gasteiger partial charge on any atom is -0.299 e. The van der Waals surface area contributed by atoms with Gasteiger partial charge in [-0.25, -0.2) is 0 Å². The van der Waals surface area contributed by atoms with Crippen molar-refractivity contribution in [3.8, 4) is 0 Å². The van der Waals surface area contributed by atoms with Gasteiger partial charge in [-0.1, -0.05) is 13.8 Å². The first-order valence-electron chi connectivity index (χ1n) is 8.46. The Hall–Kier alpha value is -0.870. The van der Waals surface area contributed by atoms with Gasteiger partial charge >= 0.3 is 0 Å². The second-order valence-electron chi connectivity index (χ2n) is 7.75. The van der Waals surface area contributed by atoms with Crippen molar-refractivity contribution in [2.45, 2.75) is 52.1 Å². The van der Waals surface area contributed by atoms with Gasteiger partial charge in [0, 0.05) is 44.5 Å². The molecule has 2 fully saturated rings.